The molecule has 0 fully saturated rings. The summed E-state index contributed by atoms with van der Waals surface area (Å²) in [4.78, 5) is 23.0. The standard InChI is InChI=1S/C24H44O4/c1-4-6-8-15-19-23(26)20-16-13-11-9-10-12-14-18-22(17-7-5-2)24(27)28-21(3)25/h13,16,22-23,26H,4-12,14-15,17-20H2,1-3H3/b16-13-/t22-,23+/m0/s1. The normalized spacial score (nSPS) is 13.6. The maximum absolute atomic E-state index is 12.0. The van der Waals surface area contributed by atoms with Crippen molar-refractivity contribution in [3.63, 3.8) is 0 Å². The Balaban J connectivity index is 3.76. The second kappa shape index (κ2) is 19.2. The molecule has 2 atom stereocenters. The van der Waals surface area contributed by atoms with Crippen molar-refractivity contribution in [3.05, 3.63) is 12.2 Å². The highest BCUT2D eigenvalue weighted by Crippen LogP contribution is 2.19. The van der Waals surface area contributed by atoms with Crippen LogP contribution in [0, 0.1) is 5.92 Å². The molecular formula is C24H44O4. The van der Waals surface area contributed by atoms with Gasteiger partial charge in [-0.05, 0) is 38.5 Å². The number of hydrogen-bond acceptors (Lipinski definition) is 4. The molecule has 4 heteroatoms. The summed E-state index contributed by atoms with van der Waals surface area (Å²) in [6.07, 6.45) is 19.7. The van der Waals surface area contributed by atoms with Gasteiger partial charge >= 0.3 is 11.9 Å². The van der Waals surface area contributed by atoms with Crippen LogP contribution in [0.1, 0.15) is 117 Å². The fourth-order valence-corrected chi connectivity index (χ4v) is 3.36. The van der Waals surface area contributed by atoms with Gasteiger partial charge in [0.2, 0.25) is 0 Å². The summed E-state index contributed by atoms with van der Waals surface area (Å²) in [5.41, 5.74) is 0. The first kappa shape index (κ1) is 26.8. The zero-order valence-corrected chi connectivity index (χ0v) is 18.6. The summed E-state index contributed by atoms with van der Waals surface area (Å²) >= 11 is 0. The van der Waals surface area contributed by atoms with Crippen molar-refractivity contribution in [2.75, 3.05) is 0 Å². The second-order valence-electron chi connectivity index (χ2n) is 7.95. The van der Waals surface area contributed by atoms with Crippen molar-refractivity contribution in [1.29, 1.82) is 0 Å². The molecule has 0 aromatic carbocycles. The molecule has 0 radical (unpaired) electrons. The number of carbonyl (C=O) groups excluding carboxylic acids is 2. The lowest BCUT2D eigenvalue weighted by Crippen LogP contribution is -2.20. The van der Waals surface area contributed by atoms with E-state index in [0.717, 1.165) is 77.0 Å². The molecule has 164 valence electrons. The largest absolute Gasteiger partial charge is 0.393 e. The van der Waals surface area contributed by atoms with Crippen LogP contribution >= 0.6 is 0 Å². The van der Waals surface area contributed by atoms with Gasteiger partial charge in [0, 0.05) is 6.92 Å². The lowest BCUT2D eigenvalue weighted by Gasteiger charge is -2.14. The van der Waals surface area contributed by atoms with Gasteiger partial charge in [-0.25, -0.2) is 0 Å². The minimum atomic E-state index is -0.510. The van der Waals surface area contributed by atoms with Crippen LogP contribution in [0.2, 0.25) is 0 Å². The molecule has 0 saturated heterocycles. The molecule has 28 heavy (non-hydrogen) atoms. The molecule has 0 amide bonds. The number of ether oxygens (including phenoxy) is 1. The molecule has 0 aliphatic carbocycles. The van der Waals surface area contributed by atoms with Crippen LogP contribution in [-0.4, -0.2) is 23.1 Å². The predicted octanol–water partition coefficient (Wildman–Crippen LogP) is 6.50. The molecule has 0 aliphatic heterocycles. The summed E-state index contributed by atoms with van der Waals surface area (Å²) in [5.74, 6) is -0.996. The Kier molecular flexibility index (Phi) is 18.4. The summed E-state index contributed by atoms with van der Waals surface area (Å²) in [6, 6.07) is 0. The second-order valence-corrected chi connectivity index (χ2v) is 7.95. The predicted molar refractivity (Wildman–Crippen MR) is 116 cm³/mol. The van der Waals surface area contributed by atoms with Crippen LogP contribution in [0.25, 0.3) is 0 Å². The maximum Gasteiger partial charge on any atom is 0.316 e. The van der Waals surface area contributed by atoms with E-state index in [1.54, 1.807) is 0 Å². The van der Waals surface area contributed by atoms with Crippen LogP contribution < -0.4 is 0 Å². The van der Waals surface area contributed by atoms with Gasteiger partial charge in [0.15, 0.2) is 0 Å². The number of esters is 2. The first-order valence-corrected chi connectivity index (χ1v) is 11.6. The summed E-state index contributed by atoms with van der Waals surface area (Å²) in [6.45, 7) is 5.59. The average Bonchev–Trinajstić information content (AvgIpc) is 2.65. The maximum atomic E-state index is 12.0. The van der Waals surface area contributed by atoms with Gasteiger partial charge in [0.05, 0.1) is 12.0 Å². The zero-order chi connectivity index (χ0) is 21.0. The fourth-order valence-electron chi connectivity index (χ4n) is 3.36. The Hall–Kier alpha value is -1.16. The number of allylic oxidation sites excluding steroid dienone is 1. The number of aliphatic hydroxyl groups is 1. The average molecular weight is 397 g/mol. The summed E-state index contributed by atoms with van der Waals surface area (Å²) in [7, 11) is 0. The van der Waals surface area contributed by atoms with E-state index in [2.05, 4.69) is 26.0 Å². The van der Waals surface area contributed by atoms with E-state index in [1.165, 1.54) is 26.2 Å². The topological polar surface area (TPSA) is 63.6 Å². The van der Waals surface area contributed by atoms with Crippen LogP contribution in [0.15, 0.2) is 12.2 Å². The van der Waals surface area contributed by atoms with Gasteiger partial charge in [-0.3, -0.25) is 9.59 Å². The van der Waals surface area contributed by atoms with E-state index in [0.29, 0.717) is 0 Å². The van der Waals surface area contributed by atoms with Gasteiger partial charge in [-0.15, -0.1) is 0 Å². The molecule has 0 unspecified atom stereocenters. The Labute approximate surface area is 173 Å². The van der Waals surface area contributed by atoms with E-state index >= 15 is 0 Å². The van der Waals surface area contributed by atoms with E-state index in [9.17, 15) is 14.7 Å². The van der Waals surface area contributed by atoms with Crippen molar-refractivity contribution in [2.45, 2.75) is 123 Å². The first-order valence-electron chi connectivity index (χ1n) is 11.6. The van der Waals surface area contributed by atoms with E-state index in [-0.39, 0.29) is 18.0 Å². The van der Waals surface area contributed by atoms with Crippen molar-refractivity contribution in [2.24, 2.45) is 5.92 Å². The third kappa shape index (κ3) is 17.0. The molecule has 0 heterocycles. The molecule has 0 rings (SSSR count). The third-order valence-electron chi connectivity index (χ3n) is 5.12. The minimum absolute atomic E-state index is 0.137. The molecule has 0 spiro atoms. The van der Waals surface area contributed by atoms with Crippen LogP contribution in [-0.2, 0) is 14.3 Å². The van der Waals surface area contributed by atoms with Crippen LogP contribution in [0.3, 0.4) is 0 Å². The Morgan fingerprint density at radius 3 is 2.11 bits per heavy atom. The van der Waals surface area contributed by atoms with E-state index in [4.69, 9.17) is 4.74 Å². The molecule has 4 nitrogen and oxygen atoms in total. The Morgan fingerprint density at radius 1 is 0.821 bits per heavy atom. The first-order chi connectivity index (χ1) is 13.5. The Bertz CT molecular complexity index is 417. The summed E-state index contributed by atoms with van der Waals surface area (Å²) in [5, 5.41) is 9.92. The van der Waals surface area contributed by atoms with Crippen molar-refractivity contribution >= 4 is 11.9 Å². The molecule has 0 aliphatic rings. The molecular weight excluding hydrogens is 352 g/mol. The third-order valence-corrected chi connectivity index (χ3v) is 5.12. The van der Waals surface area contributed by atoms with Crippen LogP contribution in [0.4, 0.5) is 0 Å². The summed E-state index contributed by atoms with van der Waals surface area (Å²) < 4.78 is 4.78. The van der Waals surface area contributed by atoms with Gasteiger partial charge in [-0.2, -0.15) is 0 Å². The quantitative estimate of drug-likeness (QED) is 0.124. The lowest BCUT2D eigenvalue weighted by molar-refractivity contribution is -0.161. The number of hydrogen-bond donors (Lipinski definition) is 1. The number of unbranched alkanes of at least 4 members (excludes halogenated alkanes) is 8. The van der Waals surface area contributed by atoms with Gasteiger partial charge in [-0.1, -0.05) is 83.8 Å². The highest BCUT2D eigenvalue weighted by molar-refractivity contribution is 5.85. The van der Waals surface area contributed by atoms with Crippen molar-refractivity contribution in [1.82, 2.24) is 0 Å². The number of rotatable bonds is 18. The molecule has 0 bridgehead atoms. The zero-order valence-electron chi connectivity index (χ0n) is 18.6. The minimum Gasteiger partial charge on any atom is -0.393 e. The Morgan fingerprint density at radius 2 is 1.43 bits per heavy atom. The highest BCUT2D eigenvalue weighted by Gasteiger charge is 2.20. The monoisotopic (exact) mass is 396 g/mol. The van der Waals surface area contributed by atoms with Crippen molar-refractivity contribution in [3.8, 4) is 0 Å². The number of carbonyl (C=O) groups is 2. The van der Waals surface area contributed by atoms with E-state index in [1.807, 2.05) is 0 Å². The molecule has 0 aromatic heterocycles. The van der Waals surface area contributed by atoms with Crippen LogP contribution in [0.5, 0.6) is 0 Å². The molecule has 1 N–H and O–H groups in total. The fraction of sp³-hybridized carbons (Fsp3) is 0.833. The SMILES string of the molecule is CCCCCC[C@@H](O)C/C=C\CCCCCC[C@H](CCCC)C(=O)OC(C)=O. The molecule has 0 saturated carbocycles. The highest BCUT2D eigenvalue weighted by atomic mass is 16.6. The lowest BCUT2D eigenvalue weighted by atomic mass is 9.95. The van der Waals surface area contributed by atoms with Gasteiger partial charge in [0.1, 0.15) is 0 Å². The smallest absolute Gasteiger partial charge is 0.316 e. The van der Waals surface area contributed by atoms with Gasteiger partial charge < -0.3 is 9.84 Å². The molecule has 0 aromatic rings. The van der Waals surface area contributed by atoms with E-state index < -0.39 is 5.97 Å². The number of aliphatic hydroxyl groups excluding tert-OH is 1. The van der Waals surface area contributed by atoms with Crippen molar-refractivity contribution < 1.29 is 19.4 Å². The van der Waals surface area contributed by atoms with Gasteiger partial charge in [0.25, 0.3) is 0 Å².